The van der Waals surface area contributed by atoms with E-state index in [0.717, 1.165) is 12.2 Å². The lowest BCUT2D eigenvalue weighted by Crippen LogP contribution is -2.35. The van der Waals surface area contributed by atoms with Crippen LogP contribution < -0.4 is 0 Å². The summed E-state index contributed by atoms with van der Waals surface area (Å²) in [6.07, 6.45) is 1.87. The molecule has 1 aromatic heterocycles. The Morgan fingerprint density at radius 2 is 1.86 bits per heavy atom. The van der Waals surface area contributed by atoms with Gasteiger partial charge in [-0.25, -0.2) is 4.68 Å². The fourth-order valence-corrected chi connectivity index (χ4v) is 2.20. The molecule has 0 radical (unpaired) electrons. The van der Waals surface area contributed by atoms with Gasteiger partial charge in [0, 0.05) is 6.42 Å². The highest BCUT2D eigenvalue weighted by molar-refractivity contribution is 5.74. The molecule has 0 aromatic carbocycles. The Balaban J connectivity index is 2.96. The summed E-state index contributed by atoms with van der Waals surface area (Å²) in [7, 11) is 0. The highest BCUT2D eigenvalue weighted by Gasteiger charge is 2.36. The zero-order valence-electron chi connectivity index (χ0n) is 14.1. The van der Waals surface area contributed by atoms with E-state index in [1.54, 1.807) is 4.68 Å². The van der Waals surface area contributed by atoms with Gasteiger partial charge in [-0.15, -0.1) is 5.10 Å². The van der Waals surface area contributed by atoms with Crippen molar-refractivity contribution in [3.63, 3.8) is 0 Å². The first kappa shape index (κ1) is 17.6. The molecule has 1 N–H and O–H groups in total. The van der Waals surface area contributed by atoms with Gasteiger partial charge in [-0.05, 0) is 34.6 Å². The molecular weight excluding hydrogens is 268 g/mol. The molecule has 21 heavy (non-hydrogen) atoms. The van der Waals surface area contributed by atoms with Crippen LogP contribution in [0, 0.1) is 16.7 Å². The summed E-state index contributed by atoms with van der Waals surface area (Å²) < 4.78 is 1.67. The molecule has 0 aliphatic heterocycles. The standard InChI is InChI=1S/C15H28N4O2/c1-7-15(8-2,13(20)21)10-19-12(16-17-18-19)9-11(3)14(4,5)6/h11H,7-10H2,1-6H3,(H,20,21). The van der Waals surface area contributed by atoms with E-state index >= 15 is 0 Å². The zero-order chi connectivity index (χ0) is 16.3. The molecule has 0 spiro atoms. The Morgan fingerprint density at radius 1 is 1.29 bits per heavy atom. The minimum absolute atomic E-state index is 0.163. The molecule has 0 aliphatic rings. The van der Waals surface area contributed by atoms with Gasteiger partial charge in [0.25, 0.3) is 0 Å². The number of carboxylic acid groups (broad SMARTS) is 1. The smallest absolute Gasteiger partial charge is 0.311 e. The molecule has 6 nitrogen and oxygen atoms in total. The molecule has 6 heteroatoms. The molecule has 0 fully saturated rings. The molecule has 1 unspecified atom stereocenters. The third-order valence-electron chi connectivity index (χ3n) is 4.83. The van der Waals surface area contributed by atoms with Crippen molar-refractivity contribution in [3.05, 3.63) is 5.82 Å². The highest BCUT2D eigenvalue weighted by Crippen LogP contribution is 2.31. The minimum Gasteiger partial charge on any atom is -0.481 e. The van der Waals surface area contributed by atoms with Gasteiger partial charge in [-0.3, -0.25) is 4.79 Å². The van der Waals surface area contributed by atoms with Gasteiger partial charge in [-0.2, -0.15) is 0 Å². The molecule has 1 aromatic rings. The van der Waals surface area contributed by atoms with E-state index < -0.39 is 11.4 Å². The topological polar surface area (TPSA) is 80.9 Å². The van der Waals surface area contributed by atoms with Gasteiger partial charge in [0.1, 0.15) is 0 Å². The summed E-state index contributed by atoms with van der Waals surface area (Å²) in [5.74, 6) is 0.396. The van der Waals surface area contributed by atoms with Crippen molar-refractivity contribution in [2.45, 2.75) is 67.3 Å². The third-order valence-corrected chi connectivity index (χ3v) is 4.83. The number of carboxylic acids is 1. The number of nitrogens with zero attached hydrogens (tertiary/aromatic N) is 4. The molecular formula is C15H28N4O2. The molecule has 0 amide bonds. The average molecular weight is 296 g/mol. The molecule has 1 heterocycles. The lowest BCUT2D eigenvalue weighted by atomic mass is 9.79. The van der Waals surface area contributed by atoms with Crippen LogP contribution in [0.5, 0.6) is 0 Å². The van der Waals surface area contributed by atoms with Crippen LogP contribution in [-0.4, -0.2) is 31.3 Å². The van der Waals surface area contributed by atoms with Crippen LogP contribution in [0.2, 0.25) is 0 Å². The van der Waals surface area contributed by atoms with E-state index in [1.165, 1.54) is 0 Å². The number of aliphatic carboxylic acids is 1. The second-order valence-electron chi connectivity index (χ2n) is 7.02. The minimum atomic E-state index is -0.797. The van der Waals surface area contributed by atoms with Gasteiger partial charge in [0.2, 0.25) is 0 Å². The molecule has 1 rings (SSSR count). The Hall–Kier alpha value is -1.46. The van der Waals surface area contributed by atoms with Crippen molar-refractivity contribution in [2.24, 2.45) is 16.7 Å². The van der Waals surface area contributed by atoms with Crippen LogP contribution in [0.15, 0.2) is 0 Å². The monoisotopic (exact) mass is 296 g/mol. The molecule has 0 saturated heterocycles. The van der Waals surface area contributed by atoms with Crippen molar-refractivity contribution in [1.82, 2.24) is 20.2 Å². The van der Waals surface area contributed by atoms with Crippen LogP contribution in [-0.2, 0) is 17.8 Å². The van der Waals surface area contributed by atoms with Crippen molar-refractivity contribution < 1.29 is 9.90 Å². The zero-order valence-corrected chi connectivity index (χ0v) is 14.1. The maximum absolute atomic E-state index is 11.6. The lowest BCUT2D eigenvalue weighted by Gasteiger charge is -2.29. The summed E-state index contributed by atoms with van der Waals surface area (Å²) in [5.41, 5.74) is -0.634. The Labute approximate surface area is 126 Å². The number of tetrazole rings is 1. The first-order valence-electron chi connectivity index (χ1n) is 7.64. The van der Waals surface area contributed by atoms with Gasteiger partial charge in [-0.1, -0.05) is 41.5 Å². The van der Waals surface area contributed by atoms with E-state index in [-0.39, 0.29) is 5.41 Å². The van der Waals surface area contributed by atoms with Crippen LogP contribution in [0.25, 0.3) is 0 Å². The second kappa shape index (κ2) is 6.54. The van der Waals surface area contributed by atoms with Crippen LogP contribution in [0.4, 0.5) is 0 Å². The summed E-state index contributed by atoms with van der Waals surface area (Å²) in [5, 5.41) is 21.4. The van der Waals surface area contributed by atoms with Gasteiger partial charge < -0.3 is 5.11 Å². The fourth-order valence-electron chi connectivity index (χ4n) is 2.20. The molecule has 0 bridgehead atoms. The average Bonchev–Trinajstić information content (AvgIpc) is 2.81. The van der Waals surface area contributed by atoms with Crippen molar-refractivity contribution in [1.29, 1.82) is 0 Å². The summed E-state index contributed by atoms with van der Waals surface area (Å²) >= 11 is 0. The molecule has 0 saturated carbocycles. The van der Waals surface area contributed by atoms with Crippen LogP contribution in [0.3, 0.4) is 0 Å². The second-order valence-corrected chi connectivity index (χ2v) is 7.02. The van der Waals surface area contributed by atoms with E-state index in [9.17, 15) is 9.90 Å². The molecule has 120 valence electrons. The lowest BCUT2D eigenvalue weighted by molar-refractivity contribution is -0.150. The first-order valence-corrected chi connectivity index (χ1v) is 7.64. The predicted octanol–water partition coefficient (Wildman–Crippen LogP) is 2.79. The summed E-state index contributed by atoms with van der Waals surface area (Å²) in [4.78, 5) is 11.6. The van der Waals surface area contributed by atoms with E-state index in [1.807, 2.05) is 13.8 Å². The normalized spacial score (nSPS) is 14.2. The number of hydrogen-bond donors (Lipinski definition) is 1. The Morgan fingerprint density at radius 3 is 2.29 bits per heavy atom. The van der Waals surface area contributed by atoms with E-state index in [4.69, 9.17) is 0 Å². The maximum atomic E-state index is 11.6. The Bertz CT molecular complexity index is 472. The van der Waals surface area contributed by atoms with E-state index in [2.05, 4.69) is 43.2 Å². The first-order chi connectivity index (χ1) is 9.66. The van der Waals surface area contributed by atoms with Crippen LogP contribution in [0.1, 0.15) is 60.2 Å². The SMILES string of the molecule is CCC(CC)(Cn1nnnc1CC(C)C(C)(C)C)C(=O)O. The van der Waals surface area contributed by atoms with Crippen molar-refractivity contribution >= 4 is 5.97 Å². The van der Waals surface area contributed by atoms with Gasteiger partial charge in [0.15, 0.2) is 5.82 Å². The third kappa shape index (κ3) is 4.02. The number of hydrogen-bond acceptors (Lipinski definition) is 4. The Kier molecular flexibility index (Phi) is 5.48. The largest absolute Gasteiger partial charge is 0.481 e. The van der Waals surface area contributed by atoms with Crippen molar-refractivity contribution in [3.8, 4) is 0 Å². The quantitative estimate of drug-likeness (QED) is 0.836. The van der Waals surface area contributed by atoms with Gasteiger partial charge >= 0.3 is 5.97 Å². The number of carbonyl (C=O) groups is 1. The number of rotatable bonds is 7. The maximum Gasteiger partial charge on any atom is 0.311 e. The van der Waals surface area contributed by atoms with Crippen molar-refractivity contribution in [2.75, 3.05) is 0 Å². The molecule has 1 atom stereocenters. The van der Waals surface area contributed by atoms with E-state index in [0.29, 0.717) is 25.3 Å². The number of aromatic nitrogens is 4. The highest BCUT2D eigenvalue weighted by atomic mass is 16.4. The molecule has 0 aliphatic carbocycles. The van der Waals surface area contributed by atoms with Gasteiger partial charge in [0.05, 0.1) is 12.0 Å². The summed E-state index contributed by atoms with van der Waals surface area (Å²) in [6.45, 7) is 12.9. The fraction of sp³-hybridized carbons (Fsp3) is 0.867. The van der Waals surface area contributed by atoms with Crippen LogP contribution >= 0.6 is 0 Å². The summed E-state index contributed by atoms with van der Waals surface area (Å²) in [6, 6.07) is 0. The predicted molar refractivity (Wildman–Crippen MR) is 80.8 cm³/mol.